The molecule has 1 atom stereocenters. The van der Waals surface area contributed by atoms with Crippen molar-refractivity contribution in [2.24, 2.45) is 0 Å². The fourth-order valence-corrected chi connectivity index (χ4v) is 4.15. The number of halogens is 1. The van der Waals surface area contributed by atoms with Crippen LogP contribution in [0.5, 0.6) is 5.75 Å². The Labute approximate surface area is 158 Å². The second kappa shape index (κ2) is 7.84. The Bertz CT molecular complexity index is 933. The number of nitrogens with one attached hydrogen (secondary N) is 1. The van der Waals surface area contributed by atoms with Gasteiger partial charge in [0.05, 0.1) is 17.6 Å². The standard InChI is InChI=1S/C19H23FN2O4S/c1-3-26-19-7-5-15(11-16(19)20)27(24,25)21-12-18(23)14-4-6-17-13(10-14)8-9-22(17)2/h4-7,10-11,18,21,23H,3,8-9,12H2,1-2H3/t18-/m1/s1. The zero-order chi connectivity index (χ0) is 19.6. The Kier molecular flexibility index (Phi) is 5.69. The Morgan fingerprint density at radius 1 is 1.30 bits per heavy atom. The van der Waals surface area contributed by atoms with Crippen LogP contribution in [0.1, 0.15) is 24.2 Å². The maximum absolute atomic E-state index is 13.9. The van der Waals surface area contributed by atoms with Crippen molar-refractivity contribution in [1.29, 1.82) is 0 Å². The Balaban J connectivity index is 1.69. The Morgan fingerprint density at radius 3 is 2.78 bits per heavy atom. The highest BCUT2D eigenvalue weighted by atomic mass is 32.2. The van der Waals surface area contributed by atoms with E-state index in [2.05, 4.69) is 9.62 Å². The first-order valence-corrected chi connectivity index (χ1v) is 10.2. The maximum Gasteiger partial charge on any atom is 0.240 e. The van der Waals surface area contributed by atoms with E-state index in [9.17, 15) is 17.9 Å². The van der Waals surface area contributed by atoms with E-state index in [4.69, 9.17) is 4.74 Å². The molecule has 146 valence electrons. The summed E-state index contributed by atoms with van der Waals surface area (Å²) < 4.78 is 46.1. The SMILES string of the molecule is CCOc1ccc(S(=O)(=O)NC[C@@H](O)c2ccc3c(c2)CCN3C)cc1F. The zero-order valence-corrected chi connectivity index (χ0v) is 16.1. The van der Waals surface area contributed by atoms with Crippen LogP contribution in [0.25, 0.3) is 0 Å². The number of likely N-dealkylation sites (N-methyl/N-ethyl adjacent to an activating group) is 1. The molecule has 0 spiro atoms. The van der Waals surface area contributed by atoms with Gasteiger partial charge >= 0.3 is 0 Å². The molecule has 1 heterocycles. The van der Waals surface area contributed by atoms with Gasteiger partial charge in [0, 0.05) is 25.8 Å². The molecule has 27 heavy (non-hydrogen) atoms. The molecule has 0 unspecified atom stereocenters. The summed E-state index contributed by atoms with van der Waals surface area (Å²) in [6.45, 7) is 2.71. The van der Waals surface area contributed by atoms with Crippen LogP contribution in [0.2, 0.25) is 0 Å². The number of anilines is 1. The van der Waals surface area contributed by atoms with Gasteiger partial charge in [0.25, 0.3) is 0 Å². The van der Waals surface area contributed by atoms with E-state index in [1.54, 1.807) is 13.0 Å². The number of aliphatic hydroxyl groups excluding tert-OH is 1. The molecule has 3 rings (SSSR count). The normalized spacial score (nSPS) is 14.9. The molecule has 8 heteroatoms. The summed E-state index contributed by atoms with van der Waals surface area (Å²) in [4.78, 5) is 1.92. The van der Waals surface area contributed by atoms with E-state index < -0.39 is 21.9 Å². The average molecular weight is 394 g/mol. The number of benzene rings is 2. The molecule has 0 aromatic heterocycles. The summed E-state index contributed by atoms with van der Waals surface area (Å²) in [6, 6.07) is 9.07. The Hall–Kier alpha value is -2.16. The second-order valence-corrected chi connectivity index (χ2v) is 8.22. The first-order valence-electron chi connectivity index (χ1n) is 8.76. The van der Waals surface area contributed by atoms with E-state index in [0.29, 0.717) is 5.56 Å². The Morgan fingerprint density at radius 2 is 2.07 bits per heavy atom. The maximum atomic E-state index is 13.9. The van der Waals surface area contributed by atoms with Crippen LogP contribution in [-0.2, 0) is 16.4 Å². The number of fused-ring (bicyclic) bond motifs is 1. The van der Waals surface area contributed by atoms with Crippen LogP contribution in [0.15, 0.2) is 41.3 Å². The van der Waals surface area contributed by atoms with Crippen molar-refractivity contribution in [2.45, 2.75) is 24.3 Å². The topological polar surface area (TPSA) is 78.9 Å². The lowest BCUT2D eigenvalue weighted by atomic mass is 10.0. The van der Waals surface area contributed by atoms with Crippen molar-refractivity contribution >= 4 is 15.7 Å². The van der Waals surface area contributed by atoms with Crippen LogP contribution in [0.3, 0.4) is 0 Å². The van der Waals surface area contributed by atoms with E-state index in [-0.39, 0.29) is 23.8 Å². The zero-order valence-electron chi connectivity index (χ0n) is 15.3. The molecule has 0 bridgehead atoms. The first kappa shape index (κ1) is 19.6. The van der Waals surface area contributed by atoms with Gasteiger partial charge in [0.1, 0.15) is 0 Å². The van der Waals surface area contributed by atoms with Gasteiger partial charge in [-0.3, -0.25) is 0 Å². The summed E-state index contributed by atoms with van der Waals surface area (Å²) in [5, 5.41) is 10.4. The number of hydrogen-bond acceptors (Lipinski definition) is 5. The molecule has 0 saturated heterocycles. The fraction of sp³-hybridized carbons (Fsp3) is 0.368. The van der Waals surface area contributed by atoms with Crippen molar-refractivity contribution in [2.75, 3.05) is 31.6 Å². The monoisotopic (exact) mass is 394 g/mol. The lowest BCUT2D eigenvalue weighted by Gasteiger charge is -2.16. The van der Waals surface area contributed by atoms with Crippen molar-refractivity contribution in [1.82, 2.24) is 4.72 Å². The van der Waals surface area contributed by atoms with E-state index in [1.807, 2.05) is 19.2 Å². The minimum absolute atomic E-state index is 0.000376. The number of nitrogens with zero attached hydrogens (tertiary/aromatic N) is 1. The molecule has 2 aromatic rings. The van der Waals surface area contributed by atoms with Gasteiger partial charge in [-0.25, -0.2) is 17.5 Å². The molecular formula is C19H23FN2O4S. The summed E-state index contributed by atoms with van der Waals surface area (Å²) in [5.74, 6) is -0.748. The summed E-state index contributed by atoms with van der Waals surface area (Å²) in [5.41, 5.74) is 2.89. The van der Waals surface area contributed by atoms with Crippen LogP contribution in [0, 0.1) is 5.82 Å². The third-order valence-electron chi connectivity index (χ3n) is 4.60. The van der Waals surface area contributed by atoms with Gasteiger partial charge in [0.2, 0.25) is 10.0 Å². The smallest absolute Gasteiger partial charge is 0.240 e. The first-order chi connectivity index (χ1) is 12.8. The molecule has 0 aliphatic carbocycles. The van der Waals surface area contributed by atoms with Crippen molar-refractivity contribution in [3.63, 3.8) is 0 Å². The minimum Gasteiger partial charge on any atom is -0.491 e. The van der Waals surface area contributed by atoms with Gasteiger partial charge in [0.15, 0.2) is 11.6 Å². The quantitative estimate of drug-likeness (QED) is 0.753. The van der Waals surface area contributed by atoms with Crippen LogP contribution < -0.4 is 14.4 Å². The fourth-order valence-electron chi connectivity index (χ4n) is 3.11. The van der Waals surface area contributed by atoms with E-state index >= 15 is 0 Å². The molecule has 0 fully saturated rings. The summed E-state index contributed by atoms with van der Waals surface area (Å²) in [6.07, 6.45) is -0.104. The lowest BCUT2D eigenvalue weighted by Crippen LogP contribution is -2.28. The minimum atomic E-state index is -3.95. The third kappa shape index (κ3) is 4.23. The average Bonchev–Trinajstić information content (AvgIpc) is 3.02. The number of ether oxygens (including phenoxy) is 1. The summed E-state index contributed by atoms with van der Waals surface area (Å²) >= 11 is 0. The van der Waals surface area contributed by atoms with Gasteiger partial charge < -0.3 is 14.7 Å². The van der Waals surface area contributed by atoms with E-state index in [1.165, 1.54) is 12.1 Å². The van der Waals surface area contributed by atoms with Gasteiger partial charge in [-0.1, -0.05) is 12.1 Å². The highest BCUT2D eigenvalue weighted by Gasteiger charge is 2.21. The van der Waals surface area contributed by atoms with Crippen molar-refractivity contribution < 1.29 is 22.7 Å². The number of aliphatic hydroxyl groups is 1. The number of rotatable bonds is 7. The van der Waals surface area contributed by atoms with Crippen LogP contribution in [-0.4, -0.2) is 40.3 Å². The largest absolute Gasteiger partial charge is 0.491 e. The van der Waals surface area contributed by atoms with Gasteiger partial charge in [-0.2, -0.15) is 0 Å². The number of hydrogen-bond donors (Lipinski definition) is 2. The molecule has 2 aromatic carbocycles. The molecule has 0 saturated carbocycles. The highest BCUT2D eigenvalue weighted by molar-refractivity contribution is 7.89. The van der Waals surface area contributed by atoms with Gasteiger partial charge in [-0.05, 0) is 48.7 Å². The van der Waals surface area contributed by atoms with Gasteiger partial charge in [-0.15, -0.1) is 0 Å². The van der Waals surface area contributed by atoms with Crippen LogP contribution in [0.4, 0.5) is 10.1 Å². The molecule has 0 radical (unpaired) electrons. The van der Waals surface area contributed by atoms with E-state index in [0.717, 1.165) is 30.3 Å². The van der Waals surface area contributed by atoms with Crippen LogP contribution >= 0.6 is 0 Å². The third-order valence-corrected chi connectivity index (χ3v) is 6.02. The molecule has 6 nitrogen and oxygen atoms in total. The highest BCUT2D eigenvalue weighted by Crippen LogP contribution is 2.29. The molecule has 2 N–H and O–H groups in total. The van der Waals surface area contributed by atoms with Crippen molar-refractivity contribution in [3.8, 4) is 5.75 Å². The molecular weight excluding hydrogens is 371 g/mol. The van der Waals surface area contributed by atoms with Crippen molar-refractivity contribution in [3.05, 3.63) is 53.3 Å². The second-order valence-electron chi connectivity index (χ2n) is 6.45. The molecule has 1 aliphatic heterocycles. The lowest BCUT2D eigenvalue weighted by molar-refractivity contribution is 0.182. The molecule has 1 aliphatic rings. The number of sulfonamides is 1. The molecule has 0 amide bonds. The summed E-state index contributed by atoms with van der Waals surface area (Å²) in [7, 11) is -1.95. The predicted molar refractivity (Wildman–Crippen MR) is 101 cm³/mol. The predicted octanol–water partition coefficient (Wildman–Crippen LogP) is 2.23.